The topological polar surface area (TPSA) is 33.0 Å². The summed E-state index contributed by atoms with van der Waals surface area (Å²) < 4.78 is 42.8. The zero-order valence-electron chi connectivity index (χ0n) is 7.77. The molecule has 0 saturated carbocycles. The van der Waals surface area contributed by atoms with E-state index < -0.39 is 17.5 Å². The number of hydrogen-bond acceptors (Lipinski definition) is 2. The van der Waals surface area contributed by atoms with Crippen LogP contribution < -0.4 is 4.74 Å². The lowest BCUT2D eigenvalue weighted by atomic mass is 10.3. The van der Waals surface area contributed by atoms with Crippen molar-refractivity contribution in [3.63, 3.8) is 0 Å². The summed E-state index contributed by atoms with van der Waals surface area (Å²) in [6.07, 6.45) is 0.753. The minimum absolute atomic E-state index is 0.0793. The molecule has 80 valence electrons. The Bertz CT molecular complexity index is 364. The predicted molar refractivity (Wildman–Crippen MR) is 46.7 cm³/mol. The zero-order chi connectivity index (χ0) is 11.3. The quantitative estimate of drug-likeness (QED) is 0.571. The monoisotopic (exact) mass is 215 g/mol. The summed E-state index contributed by atoms with van der Waals surface area (Å²) in [5.41, 5.74) is 0. The van der Waals surface area contributed by atoms with E-state index in [2.05, 4.69) is 0 Å². The van der Waals surface area contributed by atoms with E-state index in [0.717, 1.165) is 12.1 Å². The average Bonchev–Trinajstić information content (AvgIpc) is 2.21. The first kappa shape index (κ1) is 11.4. The number of hydrogen-bond donors (Lipinski definition) is 0. The van der Waals surface area contributed by atoms with Gasteiger partial charge in [-0.3, -0.25) is 0 Å². The number of nitrogens with zero attached hydrogens (tertiary/aromatic N) is 1. The molecule has 0 spiro atoms. The Labute approximate surface area is 84.9 Å². The molecule has 0 heterocycles. The third-order valence-corrected chi connectivity index (χ3v) is 1.66. The van der Waals surface area contributed by atoms with Crippen LogP contribution in [0.4, 0.5) is 13.2 Å². The van der Waals surface area contributed by atoms with E-state index in [-0.39, 0.29) is 12.4 Å². The molecule has 0 atom stereocenters. The van der Waals surface area contributed by atoms with Crippen molar-refractivity contribution in [3.05, 3.63) is 29.6 Å². The third kappa shape index (κ3) is 3.17. The summed E-state index contributed by atoms with van der Waals surface area (Å²) in [5, 5.41) is 8.21. The predicted octanol–water partition coefficient (Wildman–Crippen LogP) is 2.79. The number of halogens is 3. The van der Waals surface area contributed by atoms with Gasteiger partial charge in [0.25, 0.3) is 0 Å². The molecule has 15 heavy (non-hydrogen) atoms. The van der Waals surface area contributed by atoms with Crippen molar-refractivity contribution in [3.8, 4) is 11.8 Å². The van der Waals surface area contributed by atoms with Gasteiger partial charge < -0.3 is 4.74 Å². The molecule has 0 fully saturated rings. The normalized spacial score (nSPS) is 9.73. The first-order chi connectivity index (χ1) is 7.15. The van der Waals surface area contributed by atoms with Crippen LogP contribution >= 0.6 is 0 Å². The van der Waals surface area contributed by atoms with Crippen LogP contribution in [-0.2, 0) is 0 Å². The van der Waals surface area contributed by atoms with Gasteiger partial charge in [0.15, 0.2) is 17.5 Å². The van der Waals surface area contributed by atoms with Crippen LogP contribution in [0.25, 0.3) is 0 Å². The molecule has 0 amide bonds. The fraction of sp³-hybridized carbons (Fsp3) is 0.300. The van der Waals surface area contributed by atoms with Gasteiger partial charge in [0.2, 0.25) is 0 Å². The van der Waals surface area contributed by atoms with Crippen LogP contribution in [0.1, 0.15) is 12.8 Å². The molecule has 0 unspecified atom stereocenters. The Morgan fingerprint density at radius 2 is 1.80 bits per heavy atom. The Kier molecular flexibility index (Phi) is 3.98. The van der Waals surface area contributed by atoms with E-state index in [0.29, 0.717) is 12.8 Å². The van der Waals surface area contributed by atoms with Crippen molar-refractivity contribution in [1.82, 2.24) is 0 Å². The molecule has 0 aliphatic heterocycles. The summed E-state index contributed by atoms with van der Waals surface area (Å²) >= 11 is 0. The van der Waals surface area contributed by atoms with Gasteiger partial charge >= 0.3 is 0 Å². The van der Waals surface area contributed by atoms with Crippen molar-refractivity contribution in [2.45, 2.75) is 12.8 Å². The summed E-state index contributed by atoms with van der Waals surface area (Å²) in [6.45, 7) is 0.165. The van der Waals surface area contributed by atoms with Crippen molar-refractivity contribution in [1.29, 1.82) is 5.26 Å². The first-order valence-electron chi connectivity index (χ1n) is 4.29. The Balaban J connectivity index is 2.59. The second-order valence-corrected chi connectivity index (χ2v) is 2.81. The van der Waals surface area contributed by atoms with Crippen LogP contribution in [0, 0.1) is 28.8 Å². The maximum atomic E-state index is 12.7. The number of rotatable bonds is 4. The second-order valence-electron chi connectivity index (χ2n) is 2.81. The minimum atomic E-state index is -1.51. The molecule has 0 aromatic heterocycles. The van der Waals surface area contributed by atoms with E-state index in [1.165, 1.54) is 0 Å². The van der Waals surface area contributed by atoms with Gasteiger partial charge in [0.1, 0.15) is 5.75 Å². The molecule has 0 radical (unpaired) electrons. The summed E-state index contributed by atoms with van der Waals surface area (Å²) in [7, 11) is 0. The van der Waals surface area contributed by atoms with E-state index in [9.17, 15) is 13.2 Å². The van der Waals surface area contributed by atoms with Crippen molar-refractivity contribution >= 4 is 0 Å². The zero-order valence-corrected chi connectivity index (χ0v) is 7.77. The van der Waals surface area contributed by atoms with E-state index >= 15 is 0 Å². The van der Waals surface area contributed by atoms with Gasteiger partial charge in [-0.05, 0) is 6.42 Å². The van der Waals surface area contributed by atoms with Gasteiger partial charge in [-0.1, -0.05) is 0 Å². The highest BCUT2D eigenvalue weighted by Crippen LogP contribution is 2.19. The maximum absolute atomic E-state index is 12.7. The third-order valence-electron chi connectivity index (χ3n) is 1.66. The van der Waals surface area contributed by atoms with Crippen LogP contribution in [-0.4, -0.2) is 6.61 Å². The van der Waals surface area contributed by atoms with E-state index in [4.69, 9.17) is 10.00 Å². The highest BCUT2D eigenvalue weighted by atomic mass is 19.2. The average molecular weight is 215 g/mol. The maximum Gasteiger partial charge on any atom is 0.194 e. The summed E-state index contributed by atoms with van der Waals surface area (Å²) in [6, 6.07) is 3.43. The van der Waals surface area contributed by atoms with Crippen LogP contribution in [0.3, 0.4) is 0 Å². The number of benzene rings is 1. The summed E-state index contributed by atoms with van der Waals surface area (Å²) in [4.78, 5) is 0. The van der Waals surface area contributed by atoms with Gasteiger partial charge in [-0.15, -0.1) is 0 Å². The Morgan fingerprint density at radius 3 is 2.33 bits per heavy atom. The molecular weight excluding hydrogens is 207 g/mol. The largest absolute Gasteiger partial charge is 0.493 e. The lowest BCUT2D eigenvalue weighted by Crippen LogP contribution is -1.99. The molecular formula is C10H8F3NO. The fourth-order valence-corrected chi connectivity index (χ4v) is 0.957. The highest BCUT2D eigenvalue weighted by molar-refractivity contribution is 5.24. The molecule has 0 aliphatic carbocycles. The van der Waals surface area contributed by atoms with E-state index in [1.54, 1.807) is 0 Å². The van der Waals surface area contributed by atoms with Gasteiger partial charge in [0, 0.05) is 18.6 Å². The molecule has 0 N–H and O–H groups in total. The molecule has 1 rings (SSSR count). The molecule has 5 heteroatoms. The van der Waals surface area contributed by atoms with E-state index in [1.807, 2.05) is 6.07 Å². The number of nitriles is 1. The van der Waals surface area contributed by atoms with Gasteiger partial charge in [-0.25, -0.2) is 13.2 Å². The number of ether oxygens (including phenoxy) is 1. The van der Waals surface area contributed by atoms with Crippen molar-refractivity contribution < 1.29 is 17.9 Å². The highest BCUT2D eigenvalue weighted by Gasteiger charge is 2.10. The van der Waals surface area contributed by atoms with Gasteiger partial charge in [0.05, 0.1) is 12.7 Å². The van der Waals surface area contributed by atoms with Gasteiger partial charge in [-0.2, -0.15) is 5.26 Å². The number of unbranched alkanes of at least 4 members (excludes halogenated alkanes) is 1. The molecule has 2 nitrogen and oxygen atoms in total. The standard InChI is InChI=1S/C10H8F3NO/c11-8-5-7(6-9(12)10(8)13)15-4-2-1-3-14/h5-6H,1-2,4H2. The first-order valence-corrected chi connectivity index (χ1v) is 4.29. The molecule has 0 bridgehead atoms. The van der Waals surface area contributed by atoms with Crippen molar-refractivity contribution in [2.24, 2.45) is 0 Å². The lowest BCUT2D eigenvalue weighted by Gasteiger charge is -2.05. The molecule has 1 aromatic carbocycles. The van der Waals surface area contributed by atoms with Crippen LogP contribution in [0.2, 0.25) is 0 Å². The SMILES string of the molecule is N#CCCCOc1cc(F)c(F)c(F)c1. The minimum Gasteiger partial charge on any atom is -0.493 e. The van der Waals surface area contributed by atoms with Crippen LogP contribution in [0.5, 0.6) is 5.75 Å². The summed E-state index contributed by atoms with van der Waals surface area (Å²) in [5.74, 6) is -4.17. The smallest absolute Gasteiger partial charge is 0.194 e. The van der Waals surface area contributed by atoms with Crippen molar-refractivity contribution in [2.75, 3.05) is 6.61 Å². The lowest BCUT2D eigenvalue weighted by molar-refractivity contribution is 0.306. The molecule has 0 saturated heterocycles. The second kappa shape index (κ2) is 5.25. The fourth-order valence-electron chi connectivity index (χ4n) is 0.957. The molecule has 1 aromatic rings. The Morgan fingerprint density at radius 1 is 1.20 bits per heavy atom. The Hall–Kier alpha value is -1.70. The molecule has 0 aliphatic rings. The van der Waals surface area contributed by atoms with Crippen LogP contribution in [0.15, 0.2) is 12.1 Å².